The summed E-state index contributed by atoms with van der Waals surface area (Å²) in [5, 5.41) is 3.03. The summed E-state index contributed by atoms with van der Waals surface area (Å²) in [6.45, 7) is 13.1. The van der Waals surface area contributed by atoms with Crippen LogP contribution in [-0.2, 0) is 36.1 Å². The zero-order valence-corrected chi connectivity index (χ0v) is 35.9. The fraction of sp³-hybridized carbons (Fsp3) is 0.636. The first kappa shape index (κ1) is 46.0. The number of hydrogen-bond acceptors (Lipinski definition) is 7. The van der Waals surface area contributed by atoms with Crippen LogP contribution in [0.15, 0.2) is 60.7 Å². The molecule has 3 N–H and O–H groups in total. The molecule has 0 aliphatic carbocycles. The molecule has 0 spiro atoms. The second-order valence-electron chi connectivity index (χ2n) is 16.2. The zero-order chi connectivity index (χ0) is 40.9. The minimum absolute atomic E-state index is 0.0102. The number of likely N-dealkylation sites (N-methyl/N-ethyl adjacent to an activating group) is 2. The molecule has 7 atom stereocenters. The lowest BCUT2D eigenvalue weighted by Gasteiger charge is -2.49. The largest absolute Gasteiger partial charge is 0.379 e. The molecule has 1 heterocycles. The van der Waals surface area contributed by atoms with Crippen molar-refractivity contribution >= 4 is 35.4 Å². The first-order valence-corrected chi connectivity index (χ1v) is 21.2. The number of nitrogens with one attached hydrogen (secondary N) is 1. The van der Waals surface area contributed by atoms with E-state index in [1.807, 2.05) is 83.1 Å². The van der Waals surface area contributed by atoms with E-state index >= 15 is 0 Å². The van der Waals surface area contributed by atoms with Gasteiger partial charge in [-0.15, -0.1) is 0 Å². The highest BCUT2D eigenvalue weighted by Crippen LogP contribution is 2.39. The van der Waals surface area contributed by atoms with Crippen molar-refractivity contribution in [2.45, 2.75) is 115 Å². The number of hydrogen-bond donors (Lipinski definition) is 2. The molecule has 3 rings (SSSR count). The fourth-order valence-electron chi connectivity index (χ4n) is 8.85. The van der Waals surface area contributed by atoms with Crippen molar-refractivity contribution in [3.05, 3.63) is 71.8 Å². The average Bonchev–Trinajstić information content (AvgIpc) is 3.65. The van der Waals surface area contributed by atoms with Crippen LogP contribution in [0, 0.1) is 23.7 Å². The normalized spacial score (nSPS) is 18.4. The maximum atomic E-state index is 14.8. The highest BCUT2D eigenvalue weighted by molar-refractivity contribution is 7.99. The Kier molecular flexibility index (Phi) is 18.2. The van der Waals surface area contributed by atoms with Crippen LogP contribution in [0.1, 0.15) is 84.8 Å². The van der Waals surface area contributed by atoms with E-state index in [1.54, 1.807) is 35.7 Å². The van der Waals surface area contributed by atoms with Gasteiger partial charge in [-0.3, -0.25) is 24.1 Å². The minimum atomic E-state index is -1.22. The van der Waals surface area contributed by atoms with Crippen LogP contribution >= 0.6 is 11.8 Å². The van der Waals surface area contributed by atoms with E-state index < -0.39 is 29.5 Å². The molecule has 2 aromatic rings. The Labute approximate surface area is 335 Å². The first-order valence-electron chi connectivity index (χ1n) is 20.1. The molecular formula is C44H69N5O5S. The Hall–Kier alpha value is -3.41. The minimum Gasteiger partial charge on any atom is -0.379 e. The topological polar surface area (TPSA) is 125 Å². The third kappa shape index (κ3) is 11.6. The van der Waals surface area contributed by atoms with Gasteiger partial charge in [0.2, 0.25) is 23.6 Å². The first-order chi connectivity index (χ1) is 26.1. The zero-order valence-electron chi connectivity index (χ0n) is 35.1. The molecule has 0 saturated carbocycles. The molecule has 1 fully saturated rings. The Morgan fingerprint density at radius 3 is 2.05 bits per heavy atom. The molecule has 11 heteroatoms. The van der Waals surface area contributed by atoms with Crippen LogP contribution in [0.25, 0.3) is 0 Å². The van der Waals surface area contributed by atoms with Gasteiger partial charge in [-0.1, -0.05) is 109 Å². The summed E-state index contributed by atoms with van der Waals surface area (Å²) in [6.07, 6.45) is 2.97. The number of likely N-dealkylation sites (tertiary alicyclic amines) is 1. The number of rotatable bonds is 22. The van der Waals surface area contributed by atoms with Crippen molar-refractivity contribution in [2.75, 3.05) is 41.3 Å². The number of thioether (sulfide) groups is 1. The smallest absolute Gasteiger partial charge is 0.239 e. The van der Waals surface area contributed by atoms with Gasteiger partial charge in [-0.25, -0.2) is 0 Å². The number of nitrogens with zero attached hydrogens (tertiary/aromatic N) is 3. The van der Waals surface area contributed by atoms with Gasteiger partial charge in [-0.2, -0.15) is 11.8 Å². The van der Waals surface area contributed by atoms with Gasteiger partial charge in [-0.05, 0) is 62.2 Å². The molecule has 1 saturated heterocycles. The van der Waals surface area contributed by atoms with E-state index in [-0.39, 0.29) is 53.2 Å². The molecule has 10 nitrogen and oxygen atoms in total. The van der Waals surface area contributed by atoms with Crippen molar-refractivity contribution in [2.24, 2.45) is 29.4 Å². The maximum Gasteiger partial charge on any atom is 0.239 e. The summed E-state index contributed by atoms with van der Waals surface area (Å²) in [6, 6.07) is 19.8. The summed E-state index contributed by atoms with van der Waals surface area (Å²) in [4.78, 5) is 61.5. The monoisotopic (exact) mass is 780 g/mol. The predicted molar refractivity (Wildman–Crippen MR) is 224 cm³/mol. The number of amides is 4. The van der Waals surface area contributed by atoms with Crippen molar-refractivity contribution in [3.63, 3.8) is 0 Å². The number of carbonyl (C=O) groups is 4. The SMILES string of the molecule is CCC(C)C(C(CC(=O)N1CCCC1C(CC(=O)NCCc1ccccc1)SCc1ccccc1)OC)N(C)C(=O)C(C(C)C)C(C(N)=O)(C(C)C)N(C)C. The Bertz CT molecular complexity index is 1500. The average molecular weight is 780 g/mol. The molecule has 0 radical (unpaired) electrons. The van der Waals surface area contributed by atoms with E-state index in [2.05, 4.69) is 43.4 Å². The number of primary amides is 1. The molecule has 306 valence electrons. The van der Waals surface area contributed by atoms with Crippen molar-refractivity contribution in [1.82, 2.24) is 20.0 Å². The van der Waals surface area contributed by atoms with Gasteiger partial charge in [0.05, 0.1) is 24.5 Å². The summed E-state index contributed by atoms with van der Waals surface area (Å²) in [5.74, 6) is -1.21. The second kappa shape index (κ2) is 21.8. The Morgan fingerprint density at radius 1 is 0.945 bits per heavy atom. The number of methoxy groups -OCH3 is 1. The van der Waals surface area contributed by atoms with E-state index in [1.165, 1.54) is 11.1 Å². The van der Waals surface area contributed by atoms with Crippen molar-refractivity contribution in [1.29, 1.82) is 0 Å². The lowest BCUT2D eigenvalue weighted by molar-refractivity contribution is -0.159. The standard InChI is InChI=1S/C44H69N5O5S/c1-11-32(6)41(48(9)42(52)40(30(2)3)44(31(4)5,43(45)53)47(7)8)36(54-10)27-39(51)49-26-18-23-35(49)37(55-29-34-21-16-13-17-22-34)28-38(50)46-25-24-33-19-14-12-15-20-33/h12-17,19-22,30-32,35-37,40-41H,11,18,23-29H2,1-10H3,(H2,45,53)(H,46,50). The van der Waals surface area contributed by atoms with Gasteiger partial charge >= 0.3 is 0 Å². The van der Waals surface area contributed by atoms with Crippen LogP contribution in [-0.4, -0.2) is 109 Å². The van der Waals surface area contributed by atoms with Crippen LogP contribution < -0.4 is 11.1 Å². The molecular weight excluding hydrogens is 711 g/mol. The van der Waals surface area contributed by atoms with Gasteiger partial charge in [0.1, 0.15) is 5.54 Å². The van der Waals surface area contributed by atoms with Crippen LogP contribution in [0.4, 0.5) is 0 Å². The highest BCUT2D eigenvalue weighted by Gasteiger charge is 2.55. The van der Waals surface area contributed by atoms with Gasteiger partial charge in [0, 0.05) is 50.7 Å². The molecule has 4 amide bonds. The molecule has 1 aliphatic heterocycles. The van der Waals surface area contributed by atoms with Crippen LogP contribution in [0.5, 0.6) is 0 Å². The van der Waals surface area contributed by atoms with Gasteiger partial charge < -0.3 is 25.6 Å². The van der Waals surface area contributed by atoms with Crippen LogP contribution in [0.2, 0.25) is 0 Å². The van der Waals surface area contributed by atoms with Gasteiger partial charge in [0.15, 0.2) is 0 Å². The van der Waals surface area contributed by atoms with Crippen molar-refractivity contribution < 1.29 is 23.9 Å². The third-order valence-electron chi connectivity index (χ3n) is 11.8. The highest BCUT2D eigenvalue weighted by atomic mass is 32.2. The van der Waals surface area contributed by atoms with Gasteiger partial charge in [0.25, 0.3) is 0 Å². The number of carbonyl (C=O) groups excluding carboxylic acids is 4. The number of benzene rings is 2. The van der Waals surface area contributed by atoms with Crippen LogP contribution in [0.3, 0.4) is 0 Å². The van der Waals surface area contributed by atoms with Crippen molar-refractivity contribution in [3.8, 4) is 0 Å². The lowest BCUT2D eigenvalue weighted by atomic mass is 9.68. The number of ether oxygens (including phenoxy) is 1. The predicted octanol–water partition coefficient (Wildman–Crippen LogP) is 6.02. The van der Waals surface area contributed by atoms with E-state index in [0.29, 0.717) is 19.5 Å². The molecule has 7 unspecified atom stereocenters. The summed E-state index contributed by atoms with van der Waals surface area (Å²) in [5.41, 5.74) is 7.28. The summed E-state index contributed by atoms with van der Waals surface area (Å²) >= 11 is 1.73. The Morgan fingerprint density at radius 2 is 1.55 bits per heavy atom. The molecule has 55 heavy (non-hydrogen) atoms. The van der Waals surface area contributed by atoms with E-state index in [0.717, 1.165) is 31.4 Å². The number of nitrogens with two attached hydrogens (primary N) is 1. The molecule has 0 aromatic heterocycles. The van der Waals surface area contributed by atoms with E-state index in [4.69, 9.17) is 10.5 Å². The Balaban J connectivity index is 1.87. The summed E-state index contributed by atoms with van der Waals surface area (Å²) < 4.78 is 6.14. The second-order valence-corrected chi connectivity index (χ2v) is 17.4. The lowest BCUT2D eigenvalue weighted by Crippen LogP contribution is -2.68. The third-order valence-corrected chi connectivity index (χ3v) is 13.2. The quantitative estimate of drug-likeness (QED) is 0.150. The molecule has 1 aliphatic rings. The maximum absolute atomic E-state index is 14.8. The molecule has 0 bridgehead atoms. The summed E-state index contributed by atoms with van der Waals surface area (Å²) in [7, 11) is 7.00. The molecule has 2 aromatic carbocycles. The fourth-order valence-corrected chi connectivity index (χ4v) is 10.2. The van der Waals surface area contributed by atoms with E-state index in [9.17, 15) is 19.2 Å².